The average molecular weight is 261 g/mol. The molecule has 0 aromatic carbocycles. The standard InChI is InChI=1S/C12H27N3OS/c1-4-14(2)10-12-11-15(8-9-16-12)7-5-6-13-17-3/h12-13H,4-11H2,1-3H3/t12-/m0/s1. The largest absolute Gasteiger partial charge is 0.374 e. The highest BCUT2D eigenvalue weighted by molar-refractivity contribution is 7.96. The highest BCUT2D eigenvalue weighted by atomic mass is 32.2. The smallest absolute Gasteiger partial charge is 0.0829 e. The van der Waals surface area contributed by atoms with E-state index in [1.54, 1.807) is 11.9 Å². The van der Waals surface area contributed by atoms with Crippen LogP contribution in [0.1, 0.15) is 13.3 Å². The van der Waals surface area contributed by atoms with Gasteiger partial charge in [-0.2, -0.15) is 0 Å². The number of nitrogens with zero attached hydrogens (tertiary/aromatic N) is 2. The molecule has 102 valence electrons. The van der Waals surface area contributed by atoms with Gasteiger partial charge in [-0.3, -0.25) is 9.62 Å². The van der Waals surface area contributed by atoms with Gasteiger partial charge in [0, 0.05) is 26.2 Å². The van der Waals surface area contributed by atoms with E-state index < -0.39 is 0 Å². The summed E-state index contributed by atoms with van der Waals surface area (Å²) in [5.74, 6) is 0. The third kappa shape index (κ3) is 6.62. The molecule has 0 aromatic heterocycles. The van der Waals surface area contributed by atoms with Crippen LogP contribution in [0.25, 0.3) is 0 Å². The molecular weight excluding hydrogens is 234 g/mol. The molecule has 17 heavy (non-hydrogen) atoms. The van der Waals surface area contributed by atoms with Gasteiger partial charge < -0.3 is 9.64 Å². The summed E-state index contributed by atoms with van der Waals surface area (Å²) < 4.78 is 9.10. The number of rotatable bonds is 8. The van der Waals surface area contributed by atoms with E-state index in [9.17, 15) is 0 Å². The number of morpholine rings is 1. The molecule has 0 unspecified atom stereocenters. The summed E-state index contributed by atoms with van der Waals surface area (Å²) in [7, 11) is 2.16. The van der Waals surface area contributed by atoms with Crippen LogP contribution in [0.2, 0.25) is 0 Å². The fourth-order valence-corrected chi connectivity index (χ4v) is 2.40. The van der Waals surface area contributed by atoms with E-state index >= 15 is 0 Å². The highest BCUT2D eigenvalue weighted by Crippen LogP contribution is 2.07. The molecule has 1 N–H and O–H groups in total. The zero-order valence-corrected chi connectivity index (χ0v) is 12.3. The molecule has 0 radical (unpaired) electrons. The molecule has 0 saturated carbocycles. The van der Waals surface area contributed by atoms with Gasteiger partial charge in [0.1, 0.15) is 0 Å². The summed E-state index contributed by atoms with van der Waals surface area (Å²) in [6.07, 6.45) is 3.69. The van der Waals surface area contributed by atoms with Crippen LogP contribution in [-0.4, -0.2) is 75.1 Å². The predicted octanol–water partition coefficient (Wildman–Crippen LogP) is 0.897. The Morgan fingerprint density at radius 1 is 1.53 bits per heavy atom. The fraction of sp³-hybridized carbons (Fsp3) is 1.00. The van der Waals surface area contributed by atoms with Crippen molar-refractivity contribution in [2.75, 3.05) is 59.2 Å². The van der Waals surface area contributed by atoms with Crippen molar-refractivity contribution in [3.05, 3.63) is 0 Å². The lowest BCUT2D eigenvalue weighted by molar-refractivity contribution is -0.0400. The Morgan fingerprint density at radius 3 is 3.06 bits per heavy atom. The van der Waals surface area contributed by atoms with Crippen LogP contribution in [0.4, 0.5) is 0 Å². The van der Waals surface area contributed by atoms with Crippen molar-refractivity contribution in [3.8, 4) is 0 Å². The Labute approximate surface area is 110 Å². The number of hydrogen-bond acceptors (Lipinski definition) is 5. The topological polar surface area (TPSA) is 27.7 Å². The van der Waals surface area contributed by atoms with E-state index in [-0.39, 0.29) is 0 Å². The molecule has 0 aliphatic carbocycles. The minimum atomic E-state index is 0.391. The van der Waals surface area contributed by atoms with Gasteiger partial charge in [0.2, 0.25) is 0 Å². The van der Waals surface area contributed by atoms with Crippen LogP contribution < -0.4 is 4.72 Å². The number of hydrogen-bond donors (Lipinski definition) is 1. The van der Waals surface area contributed by atoms with Crippen LogP contribution in [0.3, 0.4) is 0 Å². The number of nitrogens with one attached hydrogen (secondary N) is 1. The molecule has 1 fully saturated rings. The maximum absolute atomic E-state index is 5.81. The normalized spacial score (nSPS) is 22.2. The van der Waals surface area contributed by atoms with Crippen LogP contribution in [0, 0.1) is 0 Å². The molecule has 0 bridgehead atoms. The van der Waals surface area contributed by atoms with Gasteiger partial charge >= 0.3 is 0 Å². The Morgan fingerprint density at radius 2 is 2.35 bits per heavy atom. The molecule has 1 rings (SSSR count). The molecule has 0 amide bonds. The number of likely N-dealkylation sites (N-methyl/N-ethyl adjacent to an activating group) is 1. The molecule has 5 heteroatoms. The SMILES string of the molecule is CCN(C)C[C@H]1CN(CCCNSC)CCO1. The maximum Gasteiger partial charge on any atom is 0.0829 e. The Hall–Kier alpha value is 0.190. The average Bonchev–Trinajstić information content (AvgIpc) is 2.35. The van der Waals surface area contributed by atoms with E-state index in [2.05, 4.69) is 34.7 Å². The predicted molar refractivity (Wildman–Crippen MR) is 75.5 cm³/mol. The first-order valence-corrected chi connectivity index (χ1v) is 7.77. The van der Waals surface area contributed by atoms with E-state index in [1.807, 2.05) is 0 Å². The molecule has 1 heterocycles. The van der Waals surface area contributed by atoms with Crippen molar-refractivity contribution in [2.24, 2.45) is 0 Å². The Kier molecular flexibility index (Phi) is 8.22. The molecular formula is C12H27N3OS. The quantitative estimate of drug-likeness (QED) is 0.518. The summed E-state index contributed by atoms with van der Waals surface area (Å²) in [6, 6.07) is 0. The van der Waals surface area contributed by atoms with Gasteiger partial charge in [0.15, 0.2) is 0 Å². The summed E-state index contributed by atoms with van der Waals surface area (Å²) in [6.45, 7) is 9.68. The van der Waals surface area contributed by atoms with Crippen LogP contribution in [0.15, 0.2) is 0 Å². The van der Waals surface area contributed by atoms with Crippen molar-refractivity contribution < 1.29 is 4.74 Å². The zero-order valence-electron chi connectivity index (χ0n) is 11.4. The fourth-order valence-electron chi connectivity index (χ4n) is 2.05. The van der Waals surface area contributed by atoms with Crippen molar-refractivity contribution in [1.82, 2.24) is 14.5 Å². The van der Waals surface area contributed by atoms with E-state index in [0.717, 1.165) is 39.3 Å². The van der Waals surface area contributed by atoms with Crippen molar-refractivity contribution in [3.63, 3.8) is 0 Å². The van der Waals surface area contributed by atoms with E-state index in [1.165, 1.54) is 13.0 Å². The molecule has 4 nitrogen and oxygen atoms in total. The van der Waals surface area contributed by atoms with Gasteiger partial charge in [-0.25, -0.2) is 0 Å². The second-order valence-corrected chi connectivity index (χ2v) is 5.30. The minimum absolute atomic E-state index is 0.391. The van der Waals surface area contributed by atoms with Crippen LogP contribution >= 0.6 is 11.9 Å². The maximum atomic E-state index is 5.81. The van der Waals surface area contributed by atoms with Crippen molar-refractivity contribution in [2.45, 2.75) is 19.4 Å². The molecule has 1 saturated heterocycles. The molecule has 0 spiro atoms. The van der Waals surface area contributed by atoms with Gasteiger partial charge in [-0.15, -0.1) is 0 Å². The third-order valence-electron chi connectivity index (χ3n) is 3.18. The van der Waals surface area contributed by atoms with E-state index in [4.69, 9.17) is 4.74 Å². The zero-order chi connectivity index (χ0) is 12.5. The highest BCUT2D eigenvalue weighted by Gasteiger charge is 2.20. The van der Waals surface area contributed by atoms with Crippen molar-refractivity contribution >= 4 is 11.9 Å². The lowest BCUT2D eigenvalue weighted by Crippen LogP contribution is -2.47. The Bertz CT molecular complexity index is 195. The number of ether oxygens (including phenoxy) is 1. The first kappa shape index (κ1) is 15.2. The van der Waals surface area contributed by atoms with Gasteiger partial charge in [0.05, 0.1) is 12.7 Å². The third-order valence-corrected chi connectivity index (χ3v) is 3.67. The summed E-state index contributed by atoms with van der Waals surface area (Å²) >= 11 is 1.70. The van der Waals surface area contributed by atoms with Gasteiger partial charge in [-0.05, 0) is 32.8 Å². The monoisotopic (exact) mass is 261 g/mol. The molecule has 1 aliphatic heterocycles. The molecule has 1 aliphatic rings. The first-order valence-electron chi connectivity index (χ1n) is 6.54. The lowest BCUT2D eigenvalue weighted by atomic mass is 10.2. The molecule has 1 atom stereocenters. The summed E-state index contributed by atoms with van der Waals surface area (Å²) in [5, 5.41) is 0. The second-order valence-electron chi connectivity index (χ2n) is 4.60. The van der Waals surface area contributed by atoms with Crippen LogP contribution in [0.5, 0.6) is 0 Å². The second kappa shape index (κ2) is 9.16. The molecule has 0 aromatic rings. The van der Waals surface area contributed by atoms with Gasteiger partial charge in [-0.1, -0.05) is 18.9 Å². The first-order chi connectivity index (χ1) is 8.26. The van der Waals surface area contributed by atoms with E-state index in [0.29, 0.717) is 6.10 Å². The van der Waals surface area contributed by atoms with Gasteiger partial charge in [0.25, 0.3) is 0 Å². The minimum Gasteiger partial charge on any atom is -0.374 e. The lowest BCUT2D eigenvalue weighted by Gasteiger charge is -2.34. The van der Waals surface area contributed by atoms with Crippen molar-refractivity contribution in [1.29, 1.82) is 0 Å². The van der Waals surface area contributed by atoms with Crippen LogP contribution in [-0.2, 0) is 4.74 Å². The summed E-state index contributed by atoms with van der Waals surface area (Å²) in [5.41, 5.74) is 0. The summed E-state index contributed by atoms with van der Waals surface area (Å²) in [4.78, 5) is 4.85. The Balaban J connectivity index is 2.14.